The van der Waals surface area contributed by atoms with Gasteiger partial charge >= 0.3 is 0 Å². The van der Waals surface area contributed by atoms with Crippen LogP contribution in [0.1, 0.15) is 41.0 Å². The van der Waals surface area contributed by atoms with Gasteiger partial charge in [0, 0.05) is 11.3 Å². The van der Waals surface area contributed by atoms with Gasteiger partial charge in [0.15, 0.2) is 0 Å². The first-order valence-corrected chi connectivity index (χ1v) is 11.3. The average molecular weight is 453 g/mol. The normalized spacial score (nSPS) is 15.5. The number of thiophene rings is 1. The highest BCUT2D eigenvalue weighted by Crippen LogP contribution is 2.41. The van der Waals surface area contributed by atoms with Gasteiger partial charge in [-0.2, -0.15) is 0 Å². The van der Waals surface area contributed by atoms with Crippen molar-refractivity contribution in [2.24, 2.45) is 0 Å². The fourth-order valence-electron chi connectivity index (χ4n) is 3.43. The molecule has 5 nitrogen and oxygen atoms in total. The Kier molecular flexibility index (Phi) is 7.92. The van der Waals surface area contributed by atoms with E-state index in [0.717, 1.165) is 6.54 Å². The summed E-state index contributed by atoms with van der Waals surface area (Å²) in [7, 11) is 0. The van der Waals surface area contributed by atoms with Crippen LogP contribution in [-0.2, 0) is 4.79 Å². The lowest BCUT2D eigenvalue weighted by Crippen LogP contribution is -2.49. The minimum atomic E-state index is -0.900. The highest BCUT2D eigenvalue weighted by molar-refractivity contribution is 7.12. The number of hydrogen-bond acceptors (Lipinski definition) is 4. The van der Waals surface area contributed by atoms with E-state index in [9.17, 15) is 19.1 Å². The lowest BCUT2D eigenvalue weighted by Gasteiger charge is -2.27. The Bertz CT molecular complexity index is 1080. The smallest absolute Gasteiger partial charge is 0.244 e. The van der Waals surface area contributed by atoms with Crippen molar-refractivity contribution in [2.75, 3.05) is 11.4 Å². The van der Waals surface area contributed by atoms with Crippen LogP contribution in [0.15, 0.2) is 83.4 Å². The molecular weight excluding hydrogens is 427 g/mol. The number of hydrogen-bond donors (Lipinski definition) is 1. The number of carbonyl (C=O) groups is 2. The molecule has 0 spiro atoms. The number of amides is 1. The molecule has 1 atom stereocenters. The van der Waals surface area contributed by atoms with Gasteiger partial charge in [0.2, 0.25) is 11.7 Å². The van der Waals surface area contributed by atoms with Crippen LogP contribution in [0.5, 0.6) is 0 Å². The van der Waals surface area contributed by atoms with Gasteiger partial charge in [0.25, 0.3) is 0 Å². The lowest BCUT2D eigenvalue weighted by molar-refractivity contribution is -0.368. The summed E-state index contributed by atoms with van der Waals surface area (Å²) < 4.78 is 13.4. The largest absolute Gasteiger partial charge is 0.868 e. The van der Waals surface area contributed by atoms with Crippen molar-refractivity contribution >= 4 is 28.7 Å². The number of unbranched alkanes of at least 4 members (excludes halogenated alkanes) is 1. The zero-order valence-corrected chi connectivity index (χ0v) is 18.6. The van der Waals surface area contributed by atoms with Gasteiger partial charge < -0.3 is 10.8 Å². The van der Waals surface area contributed by atoms with Crippen LogP contribution < -0.4 is 15.7 Å². The number of anilines is 1. The quantitative estimate of drug-likeness (QED) is 0.581. The maximum absolute atomic E-state index is 13.4. The van der Waals surface area contributed by atoms with Gasteiger partial charge in [-0.3, -0.25) is 14.5 Å². The Morgan fingerprint density at radius 2 is 1.78 bits per heavy atom. The molecule has 3 N–H and O–H groups in total. The molecule has 0 saturated carbocycles. The Labute approximate surface area is 190 Å². The van der Waals surface area contributed by atoms with Crippen LogP contribution in [-0.4, -0.2) is 18.2 Å². The summed E-state index contributed by atoms with van der Waals surface area (Å²) in [6.07, 6.45) is 2.56. The van der Waals surface area contributed by atoms with Gasteiger partial charge in [-0.1, -0.05) is 49.7 Å². The topological polar surface area (TPSA) is 88.1 Å². The molecule has 0 saturated heterocycles. The van der Waals surface area contributed by atoms with E-state index in [4.69, 9.17) is 0 Å². The third-order valence-electron chi connectivity index (χ3n) is 5.00. The molecule has 1 aliphatic heterocycles. The summed E-state index contributed by atoms with van der Waals surface area (Å²) in [4.78, 5) is 27.4. The molecule has 0 bridgehead atoms. The minimum absolute atomic E-state index is 0.113. The average Bonchev–Trinajstić information content (AvgIpc) is 3.43. The highest BCUT2D eigenvalue weighted by Gasteiger charge is 2.40. The second-order valence-corrected chi connectivity index (χ2v) is 8.17. The summed E-state index contributed by atoms with van der Waals surface area (Å²) in [5.74, 6) is -2.51. The fourth-order valence-corrected chi connectivity index (χ4v) is 4.11. The molecule has 2 heterocycles. The molecule has 32 heavy (non-hydrogen) atoms. The third kappa shape index (κ3) is 4.95. The van der Waals surface area contributed by atoms with Crippen LogP contribution in [0, 0.1) is 5.82 Å². The summed E-state index contributed by atoms with van der Waals surface area (Å²) in [5.41, 5.74) is 4.56. The SMILES string of the molecule is CCCC[NH3+].O=C(C1=C([O-])C(=O)N(c2ccccc2)C1c1ccc(F)cc1)c1cccs1. The molecule has 1 unspecified atom stereocenters. The Hall–Kier alpha value is -3.29. The number of para-hydroxylation sites is 1. The zero-order valence-electron chi connectivity index (χ0n) is 17.8. The van der Waals surface area contributed by atoms with Crippen LogP contribution in [0.25, 0.3) is 0 Å². The molecule has 0 aliphatic carbocycles. The van der Waals surface area contributed by atoms with Crippen molar-refractivity contribution in [3.8, 4) is 0 Å². The van der Waals surface area contributed by atoms with Gasteiger partial charge in [-0.15, -0.1) is 11.3 Å². The predicted octanol–water partition coefficient (Wildman–Crippen LogP) is 3.50. The molecule has 2 aromatic carbocycles. The van der Waals surface area contributed by atoms with Gasteiger partial charge in [-0.25, -0.2) is 4.39 Å². The number of nitrogens with zero attached hydrogens (tertiary/aromatic N) is 1. The molecule has 166 valence electrons. The van der Waals surface area contributed by atoms with Crippen molar-refractivity contribution in [3.63, 3.8) is 0 Å². The van der Waals surface area contributed by atoms with Crippen LogP contribution >= 0.6 is 11.3 Å². The first-order chi connectivity index (χ1) is 15.5. The Balaban J connectivity index is 0.000000523. The Morgan fingerprint density at radius 3 is 2.31 bits per heavy atom. The van der Waals surface area contributed by atoms with Crippen LogP contribution in [0.4, 0.5) is 10.1 Å². The lowest BCUT2D eigenvalue weighted by atomic mass is 9.95. The van der Waals surface area contributed by atoms with E-state index >= 15 is 0 Å². The zero-order chi connectivity index (χ0) is 23.1. The van der Waals surface area contributed by atoms with Gasteiger partial charge in [-0.05, 0) is 53.5 Å². The van der Waals surface area contributed by atoms with Crippen molar-refractivity contribution in [3.05, 3.63) is 99.7 Å². The molecule has 1 amide bonds. The molecule has 0 fully saturated rings. The van der Waals surface area contributed by atoms with Crippen molar-refractivity contribution in [2.45, 2.75) is 25.8 Å². The van der Waals surface area contributed by atoms with E-state index in [0.29, 0.717) is 16.1 Å². The second-order valence-electron chi connectivity index (χ2n) is 7.22. The van der Waals surface area contributed by atoms with E-state index in [2.05, 4.69) is 12.7 Å². The molecular formula is C25H25FN2O3S. The highest BCUT2D eigenvalue weighted by atomic mass is 32.1. The fraction of sp³-hybridized carbons (Fsp3) is 0.200. The molecule has 3 aromatic rings. The van der Waals surface area contributed by atoms with E-state index in [1.54, 1.807) is 47.8 Å². The molecule has 0 radical (unpaired) electrons. The maximum Gasteiger partial charge on any atom is 0.244 e. The summed E-state index contributed by atoms with van der Waals surface area (Å²) in [6.45, 7) is 3.27. The van der Waals surface area contributed by atoms with E-state index < -0.39 is 29.3 Å². The molecule has 4 rings (SSSR count). The van der Waals surface area contributed by atoms with Crippen molar-refractivity contribution in [1.29, 1.82) is 0 Å². The monoisotopic (exact) mass is 452 g/mol. The number of Topliss-reactive ketones (excluding diaryl/α,β-unsaturated/α-hetero) is 1. The molecule has 1 aromatic heterocycles. The predicted molar refractivity (Wildman–Crippen MR) is 121 cm³/mol. The first kappa shape index (κ1) is 23.4. The number of ketones is 1. The number of rotatable bonds is 6. The van der Waals surface area contributed by atoms with Crippen LogP contribution in [0.3, 0.4) is 0 Å². The van der Waals surface area contributed by atoms with Gasteiger partial charge in [0.1, 0.15) is 5.82 Å². The van der Waals surface area contributed by atoms with E-state index in [1.165, 1.54) is 53.3 Å². The van der Waals surface area contributed by atoms with E-state index in [-0.39, 0.29) is 5.57 Å². The molecule has 1 aliphatic rings. The maximum atomic E-state index is 13.4. The number of carbonyl (C=O) groups excluding carboxylic acids is 2. The number of benzene rings is 2. The number of halogens is 1. The molecule has 7 heteroatoms. The van der Waals surface area contributed by atoms with Gasteiger partial charge in [0.05, 0.1) is 17.5 Å². The van der Waals surface area contributed by atoms with E-state index in [1.807, 2.05) is 0 Å². The second kappa shape index (κ2) is 10.8. The number of quaternary nitrogens is 1. The van der Waals surface area contributed by atoms with Crippen molar-refractivity contribution in [1.82, 2.24) is 0 Å². The third-order valence-corrected chi connectivity index (χ3v) is 5.87. The summed E-state index contributed by atoms with van der Waals surface area (Å²) in [5, 5.41) is 14.5. The Morgan fingerprint density at radius 1 is 1.09 bits per heavy atom. The standard InChI is InChI=1S/C21H14FNO3S.C4H11N/c22-14-10-8-13(9-11-14)18-17(19(24)16-7-4-12-27-16)20(25)21(26)23(18)15-5-2-1-3-6-15;1-2-3-4-5/h1-12,18,25H;2-5H2,1H3. The van der Waals surface area contributed by atoms with Crippen molar-refractivity contribution < 1.29 is 24.8 Å². The first-order valence-electron chi connectivity index (χ1n) is 10.4. The van der Waals surface area contributed by atoms with Crippen LogP contribution in [0.2, 0.25) is 0 Å². The summed E-state index contributed by atoms with van der Waals surface area (Å²) in [6, 6.07) is 16.6. The minimum Gasteiger partial charge on any atom is -0.868 e. The summed E-state index contributed by atoms with van der Waals surface area (Å²) >= 11 is 1.21.